The number of aromatic nitrogens is 1. The molecular weight excluding hydrogens is 296 g/mol. The van der Waals surface area contributed by atoms with E-state index in [-0.39, 0.29) is 5.92 Å². The Hall–Kier alpha value is -2.81. The molecule has 1 unspecified atom stereocenters. The smallest absolute Gasteiger partial charge is 0.118 e. The van der Waals surface area contributed by atoms with E-state index in [1.807, 2.05) is 55.5 Å². The molecule has 0 bridgehead atoms. The Morgan fingerprint density at radius 3 is 1.96 bits per heavy atom. The standard InChI is InChI=1S/C21H20N2O/c1-16-14-19(12-13-22-16)21(23-24)15-20(17-8-4-2-5-9-17)18-10-6-3-7-11-18/h2-14,20-21H,15H2,1H3. The lowest BCUT2D eigenvalue weighted by Crippen LogP contribution is -2.07. The van der Waals surface area contributed by atoms with Gasteiger partial charge in [0.15, 0.2) is 0 Å². The molecule has 0 saturated heterocycles. The Kier molecular flexibility index (Phi) is 5.12. The van der Waals surface area contributed by atoms with Crippen LogP contribution >= 0.6 is 0 Å². The quantitative estimate of drug-likeness (QED) is 0.570. The first-order chi connectivity index (χ1) is 11.8. The van der Waals surface area contributed by atoms with Crippen LogP contribution in [0, 0.1) is 11.8 Å². The molecule has 3 aromatic rings. The predicted molar refractivity (Wildman–Crippen MR) is 96.9 cm³/mol. The SMILES string of the molecule is Cc1cc(C(CC(c2ccccc2)c2ccccc2)N=O)ccn1. The largest absolute Gasteiger partial charge is 0.262 e. The monoisotopic (exact) mass is 316 g/mol. The van der Waals surface area contributed by atoms with Gasteiger partial charge in [0.25, 0.3) is 0 Å². The minimum atomic E-state index is -0.392. The fraction of sp³-hybridized carbons (Fsp3) is 0.190. The topological polar surface area (TPSA) is 42.3 Å². The van der Waals surface area contributed by atoms with Crippen LogP contribution in [0.4, 0.5) is 0 Å². The zero-order valence-corrected chi connectivity index (χ0v) is 13.7. The van der Waals surface area contributed by atoms with Gasteiger partial charge in [0.2, 0.25) is 0 Å². The summed E-state index contributed by atoms with van der Waals surface area (Å²) in [6.45, 7) is 1.93. The van der Waals surface area contributed by atoms with Gasteiger partial charge in [0, 0.05) is 17.8 Å². The summed E-state index contributed by atoms with van der Waals surface area (Å²) < 4.78 is 0. The number of hydrogen-bond acceptors (Lipinski definition) is 3. The molecule has 120 valence electrons. The minimum absolute atomic E-state index is 0.128. The number of aryl methyl sites for hydroxylation is 1. The molecular formula is C21H20N2O. The van der Waals surface area contributed by atoms with E-state index in [1.165, 1.54) is 11.1 Å². The van der Waals surface area contributed by atoms with Crippen LogP contribution in [0.15, 0.2) is 84.2 Å². The van der Waals surface area contributed by atoms with E-state index >= 15 is 0 Å². The van der Waals surface area contributed by atoms with Crippen molar-refractivity contribution in [3.63, 3.8) is 0 Å². The van der Waals surface area contributed by atoms with Crippen molar-refractivity contribution in [2.75, 3.05) is 0 Å². The molecule has 0 N–H and O–H groups in total. The zero-order valence-electron chi connectivity index (χ0n) is 13.7. The molecule has 0 aliphatic carbocycles. The van der Waals surface area contributed by atoms with E-state index in [0.29, 0.717) is 6.42 Å². The maximum absolute atomic E-state index is 11.5. The van der Waals surface area contributed by atoms with Crippen LogP contribution in [0.25, 0.3) is 0 Å². The minimum Gasteiger partial charge on any atom is -0.262 e. The molecule has 0 saturated carbocycles. The van der Waals surface area contributed by atoms with Gasteiger partial charge in [-0.25, -0.2) is 0 Å². The molecule has 3 rings (SSSR count). The summed E-state index contributed by atoms with van der Waals surface area (Å²) in [7, 11) is 0. The molecule has 3 nitrogen and oxygen atoms in total. The number of hydrogen-bond donors (Lipinski definition) is 0. The van der Waals surface area contributed by atoms with Crippen molar-refractivity contribution in [3.8, 4) is 0 Å². The van der Waals surface area contributed by atoms with Gasteiger partial charge in [0.1, 0.15) is 6.04 Å². The second kappa shape index (κ2) is 7.64. The molecule has 1 atom stereocenters. The first kappa shape index (κ1) is 16.1. The van der Waals surface area contributed by atoms with Gasteiger partial charge >= 0.3 is 0 Å². The molecule has 1 aromatic heterocycles. The van der Waals surface area contributed by atoms with Crippen molar-refractivity contribution in [2.24, 2.45) is 5.18 Å². The Labute approximate surface area is 142 Å². The summed E-state index contributed by atoms with van der Waals surface area (Å²) in [6, 6.07) is 24.0. The van der Waals surface area contributed by atoms with E-state index in [0.717, 1.165) is 11.3 Å². The van der Waals surface area contributed by atoms with E-state index in [4.69, 9.17) is 0 Å². The van der Waals surface area contributed by atoms with Gasteiger partial charge in [-0.3, -0.25) is 4.98 Å². The summed E-state index contributed by atoms with van der Waals surface area (Å²) in [5.74, 6) is 0.128. The highest BCUT2D eigenvalue weighted by molar-refractivity contribution is 5.33. The summed E-state index contributed by atoms with van der Waals surface area (Å²) >= 11 is 0. The van der Waals surface area contributed by atoms with Gasteiger partial charge in [0.05, 0.1) is 0 Å². The lowest BCUT2D eigenvalue weighted by atomic mass is 9.84. The van der Waals surface area contributed by atoms with Crippen molar-refractivity contribution < 1.29 is 0 Å². The average Bonchev–Trinajstić information content (AvgIpc) is 2.64. The van der Waals surface area contributed by atoms with Crippen LogP contribution in [0.1, 0.15) is 40.8 Å². The Morgan fingerprint density at radius 2 is 1.46 bits per heavy atom. The molecule has 24 heavy (non-hydrogen) atoms. The van der Waals surface area contributed by atoms with Crippen molar-refractivity contribution >= 4 is 0 Å². The van der Waals surface area contributed by atoms with E-state index in [1.54, 1.807) is 6.20 Å². The van der Waals surface area contributed by atoms with Crippen LogP contribution in [-0.2, 0) is 0 Å². The average molecular weight is 316 g/mol. The summed E-state index contributed by atoms with van der Waals surface area (Å²) in [5, 5.41) is 3.41. The van der Waals surface area contributed by atoms with Gasteiger partial charge in [-0.05, 0) is 42.2 Å². The Balaban J connectivity index is 1.95. The van der Waals surface area contributed by atoms with Gasteiger partial charge in [-0.1, -0.05) is 65.8 Å². The highest BCUT2D eigenvalue weighted by atomic mass is 16.3. The Bertz CT molecular complexity index is 748. The molecule has 0 fully saturated rings. The number of pyridine rings is 1. The number of nitroso groups, excluding NO2 is 1. The van der Waals surface area contributed by atoms with Crippen LogP contribution in [-0.4, -0.2) is 4.98 Å². The van der Waals surface area contributed by atoms with Crippen LogP contribution in [0.5, 0.6) is 0 Å². The molecule has 0 aliphatic heterocycles. The lowest BCUT2D eigenvalue weighted by molar-refractivity contribution is 0.593. The predicted octanol–water partition coefficient (Wildman–Crippen LogP) is 5.42. The number of nitrogens with zero attached hydrogens (tertiary/aromatic N) is 2. The van der Waals surface area contributed by atoms with E-state index in [2.05, 4.69) is 34.4 Å². The first-order valence-electron chi connectivity index (χ1n) is 8.13. The number of benzene rings is 2. The Morgan fingerprint density at radius 1 is 0.875 bits per heavy atom. The first-order valence-corrected chi connectivity index (χ1v) is 8.13. The second-order valence-electron chi connectivity index (χ2n) is 5.96. The third kappa shape index (κ3) is 3.74. The fourth-order valence-electron chi connectivity index (χ4n) is 3.07. The molecule has 0 amide bonds. The molecule has 0 spiro atoms. The van der Waals surface area contributed by atoms with Crippen molar-refractivity contribution in [2.45, 2.75) is 25.3 Å². The van der Waals surface area contributed by atoms with E-state index in [9.17, 15) is 4.91 Å². The zero-order chi connectivity index (χ0) is 16.8. The van der Waals surface area contributed by atoms with Gasteiger partial charge in [-0.15, -0.1) is 0 Å². The van der Waals surface area contributed by atoms with Crippen LogP contribution in [0.3, 0.4) is 0 Å². The van der Waals surface area contributed by atoms with Crippen LogP contribution < -0.4 is 0 Å². The molecule has 0 radical (unpaired) electrons. The normalized spacial score (nSPS) is 12.1. The molecule has 1 heterocycles. The molecule has 3 heteroatoms. The lowest BCUT2D eigenvalue weighted by Gasteiger charge is -2.21. The second-order valence-corrected chi connectivity index (χ2v) is 5.96. The van der Waals surface area contributed by atoms with Crippen molar-refractivity contribution in [3.05, 3.63) is 106 Å². The maximum atomic E-state index is 11.5. The summed E-state index contributed by atoms with van der Waals surface area (Å²) in [4.78, 5) is 15.8. The highest BCUT2D eigenvalue weighted by Gasteiger charge is 2.22. The van der Waals surface area contributed by atoms with Crippen LogP contribution in [0.2, 0.25) is 0 Å². The maximum Gasteiger partial charge on any atom is 0.118 e. The fourth-order valence-corrected chi connectivity index (χ4v) is 3.07. The third-order valence-corrected chi connectivity index (χ3v) is 4.30. The van der Waals surface area contributed by atoms with Gasteiger partial charge < -0.3 is 0 Å². The van der Waals surface area contributed by atoms with E-state index < -0.39 is 6.04 Å². The summed E-state index contributed by atoms with van der Waals surface area (Å²) in [5.41, 5.74) is 4.22. The van der Waals surface area contributed by atoms with Gasteiger partial charge in [-0.2, -0.15) is 4.91 Å². The highest BCUT2D eigenvalue weighted by Crippen LogP contribution is 2.35. The van der Waals surface area contributed by atoms with Crippen molar-refractivity contribution in [1.82, 2.24) is 4.98 Å². The third-order valence-electron chi connectivity index (χ3n) is 4.30. The van der Waals surface area contributed by atoms with Crippen molar-refractivity contribution in [1.29, 1.82) is 0 Å². The number of rotatable bonds is 6. The summed E-state index contributed by atoms with van der Waals surface area (Å²) in [6.07, 6.45) is 2.38. The molecule has 2 aromatic carbocycles. The molecule has 0 aliphatic rings.